The van der Waals surface area contributed by atoms with Crippen molar-refractivity contribution in [2.75, 3.05) is 23.8 Å². The smallest absolute Gasteiger partial charge is 0.269 e. The van der Waals surface area contributed by atoms with E-state index in [0.29, 0.717) is 39.3 Å². The van der Waals surface area contributed by atoms with Gasteiger partial charge in [0.25, 0.3) is 87.4 Å². The summed E-state index contributed by atoms with van der Waals surface area (Å²) < 4.78 is 116. The van der Waals surface area contributed by atoms with Gasteiger partial charge in [-0.2, -0.15) is 15.8 Å². The maximum absolute atomic E-state index is 13.4. The molecule has 0 bridgehead atoms. The lowest BCUT2D eigenvalue weighted by molar-refractivity contribution is -0.912. The Morgan fingerprint density at radius 1 is 0.381 bits per heavy atom. The molecule has 0 saturated heterocycles. The first-order valence-corrected chi connectivity index (χ1v) is 49.3. The number of halogens is 2. The highest BCUT2D eigenvalue weighted by Crippen LogP contribution is 2.43. The largest absolute Gasteiger partial charge is 0.285 e. The van der Waals surface area contributed by atoms with Gasteiger partial charge >= 0.3 is 0 Å². The van der Waals surface area contributed by atoms with E-state index in [2.05, 4.69) is 34.9 Å². The van der Waals surface area contributed by atoms with Gasteiger partial charge in [-0.05, 0) is 192 Å². The molecule has 33 nitrogen and oxygen atoms in total. The van der Waals surface area contributed by atoms with Gasteiger partial charge in [0.2, 0.25) is 23.8 Å². The molecule has 4 aromatic heterocycles. The Kier molecular flexibility index (Phi) is 28.1. The van der Waals surface area contributed by atoms with Gasteiger partial charge in [0.15, 0.2) is 0 Å². The number of pyridine rings is 4. The number of nitriles is 3. The minimum absolute atomic E-state index is 0.000449. The minimum atomic E-state index is -4.13. The van der Waals surface area contributed by atoms with Crippen molar-refractivity contribution in [3.05, 3.63) is 347 Å². The lowest BCUT2D eigenvalue weighted by Gasteiger charge is -2.19. The highest BCUT2D eigenvalue weighted by Gasteiger charge is 2.46. The number of nitrogens with zero attached hydrogens (tertiary/aromatic N) is 11. The summed E-state index contributed by atoms with van der Waals surface area (Å²) in [6, 6.07) is 56.7. The Morgan fingerprint density at radius 3 is 1.07 bits per heavy atom. The molecule has 0 spiro atoms. The minimum Gasteiger partial charge on any atom is -0.285 e. The molecule has 4 aliphatic rings. The second kappa shape index (κ2) is 38.6. The fourth-order valence-electron chi connectivity index (χ4n) is 15.4. The zero-order valence-corrected chi connectivity index (χ0v) is 82.0. The number of aryl methyl sites for hydroxylation is 3. The SMILES string of the molecule is CC(C)(C#N)c1ccc(S(=O)(=O)Nc2ccc(Cl)c3c2C(=O)N(Cc2ccc[n+](O)c2)C3=O)cc1.CC(C)(C)c1ccc(S(=O)(=O)Nc2ccc(C#N)c3c2C(=O)N(Cc2cccnc2)C3=O)cc1.Cc1cc(CN2C(=O)c3c(Cl)ccc(NS(=O)(=O)c4ccc(C(C)(C)C)cc4)c3C2=O)cc(C)[n+]1O.Cc1cccc(N2C(=O)c3c(C#N)ccc(NS(=O)(=O)c4ccc(C(C)(C)C)cc4)c3C2=O)n1. The van der Waals surface area contributed by atoms with Crippen LogP contribution in [-0.4, -0.2) is 116 Å². The van der Waals surface area contributed by atoms with Crippen LogP contribution in [0.4, 0.5) is 28.6 Å². The number of aromatic nitrogens is 4. The number of anilines is 5. The summed E-state index contributed by atoms with van der Waals surface area (Å²) in [6.45, 7) is 26.5. The zero-order chi connectivity index (χ0) is 102. The predicted molar refractivity (Wildman–Crippen MR) is 513 cm³/mol. The van der Waals surface area contributed by atoms with Gasteiger partial charge in [-0.15, -0.1) is 0 Å². The predicted octanol–water partition coefficient (Wildman–Crippen LogP) is 15.6. The monoisotopic (exact) mass is 1990 g/mol. The first kappa shape index (κ1) is 101. The van der Waals surface area contributed by atoms with Crippen LogP contribution in [0.3, 0.4) is 0 Å². The summed E-state index contributed by atoms with van der Waals surface area (Å²) in [7, 11) is -16.3. The van der Waals surface area contributed by atoms with Crippen molar-refractivity contribution in [1.82, 2.24) is 24.7 Å². The summed E-state index contributed by atoms with van der Waals surface area (Å²) in [4.78, 5) is 117. The average Bonchev–Trinajstić information content (AvgIpc) is 2.02. The summed E-state index contributed by atoms with van der Waals surface area (Å²) >= 11 is 12.5. The lowest BCUT2D eigenvalue weighted by Crippen LogP contribution is -2.38. The van der Waals surface area contributed by atoms with E-state index in [4.69, 9.17) is 23.2 Å². The van der Waals surface area contributed by atoms with Crippen LogP contribution in [0, 0.1) is 54.8 Å². The molecule has 8 amide bonds. The van der Waals surface area contributed by atoms with E-state index in [1.165, 1.54) is 122 Å². The highest BCUT2D eigenvalue weighted by atomic mass is 35.5. The maximum Gasteiger partial charge on any atom is 0.269 e. The van der Waals surface area contributed by atoms with Gasteiger partial charge in [-0.3, -0.25) is 87.3 Å². The van der Waals surface area contributed by atoms with E-state index in [1.807, 2.05) is 74.5 Å². The van der Waals surface area contributed by atoms with Gasteiger partial charge < -0.3 is 0 Å². The molecule has 4 aliphatic heterocycles. The van der Waals surface area contributed by atoms with Gasteiger partial charge in [0.05, 0.1) is 151 Å². The molecular weight excluding hydrogens is 1900 g/mol. The van der Waals surface area contributed by atoms with Crippen molar-refractivity contribution in [2.24, 2.45) is 0 Å². The first-order chi connectivity index (χ1) is 65.1. The van der Waals surface area contributed by atoms with E-state index in [-0.39, 0.29) is 150 Å². The number of rotatable bonds is 20. The van der Waals surface area contributed by atoms with E-state index < -0.39 is 92.8 Å². The standard InChI is InChI=1S/C26H26ClN3O5S.2C25H22N4O4S.C24H19ClN4O5S/c1-15-12-17(13-16(2)30(15)33)14-29-24(31)22-20(27)10-11-21(23(22)25(29)32)28-36(34,35)19-8-6-18(7-9-19)26(3,4)5;1-15-6-5-7-20(27-15)29-23(30)21-16(14-26)8-13-19(22(21)24(29)31)28-34(32,33)18-11-9-17(10-12-18)25(2,3)4;1-25(2,3)18-7-9-19(10-8-18)34(32,33)28-20-11-6-17(13-26)21-22(20)24(31)29(23(21)30)15-16-5-4-12-27-14-16;1-24(2,14-26)16-5-7-17(8-6-16)35(33,34)27-19-10-9-18(25)20-21(19)23(31)29(22(20)30)13-15-4-3-11-28(32)12-15/h6-13H,14H2,1-5H3,(H-,28,32,33);5-13,28H,1-4H3;4-12,14,28H,15H2,1-3H3;3-12H,13H2,1-2H3,(H-,27,31,32)/p+2. The molecule has 6 N–H and O–H groups in total. The third kappa shape index (κ3) is 21.0. The summed E-state index contributed by atoms with van der Waals surface area (Å²) in [5.74, 6) is -5.39. The van der Waals surface area contributed by atoms with Crippen LogP contribution in [0.1, 0.15) is 226 Å². The second-order valence-corrected chi connectivity index (χ2v) is 43.9. The second-order valence-electron chi connectivity index (χ2n) is 36.3. The topological polar surface area (TPSA) is 480 Å². The summed E-state index contributed by atoms with van der Waals surface area (Å²) in [5.41, 5.74) is 4.46. The number of amides is 8. The maximum atomic E-state index is 13.4. The molecule has 8 aromatic carbocycles. The van der Waals surface area contributed by atoms with E-state index in [0.717, 1.165) is 45.8 Å². The van der Waals surface area contributed by atoms with E-state index in [9.17, 15) is 98.2 Å². The van der Waals surface area contributed by atoms with E-state index in [1.54, 1.807) is 138 Å². The Hall–Kier alpha value is -15.4. The number of imide groups is 4. The number of carbonyl (C=O) groups excluding carboxylic acids is 8. The third-order valence-corrected chi connectivity index (χ3v) is 29.1. The fraction of sp³-hybridized carbons (Fsp3) is 0.210. The number of carbonyl (C=O) groups is 8. The van der Waals surface area contributed by atoms with Crippen molar-refractivity contribution < 1.29 is 91.9 Å². The highest BCUT2D eigenvalue weighted by molar-refractivity contribution is 7.93. The van der Waals surface area contributed by atoms with Crippen LogP contribution in [-0.2, 0) is 81.4 Å². The molecule has 16 rings (SSSR count). The molecule has 0 unspecified atom stereocenters. The number of sulfonamides is 4. The Labute approximate surface area is 812 Å². The van der Waals surface area contributed by atoms with Crippen LogP contribution < -0.4 is 33.2 Å². The molecule has 0 saturated carbocycles. The van der Waals surface area contributed by atoms with Gasteiger partial charge in [0, 0.05) is 65.2 Å². The molecule has 8 heterocycles. The molecule has 0 atom stereocenters. The van der Waals surface area contributed by atoms with Crippen LogP contribution in [0.15, 0.2) is 245 Å². The molecule has 0 radical (unpaired) electrons. The molecule has 139 heavy (non-hydrogen) atoms. The van der Waals surface area contributed by atoms with Gasteiger partial charge in [0.1, 0.15) is 5.82 Å². The molecule has 0 aliphatic carbocycles. The molecule has 12 aromatic rings. The molecule has 0 fully saturated rings. The molecule has 39 heteroatoms. The zero-order valence-electron chi connectivity index (χ0n) is 77.2. The number of benzene rings is 8. The first-order valence-electron chi connectivity index (χ1n) is 42.6. The third-order valence-electron chi connectivity index (χ3n) is 22.9. The molecule has 710 valence electrons. The van der Waals surface area contributed by atoms with Crippen LogP contribution in [0.5, 0.6) is 0 Å². The van der Waals surface area contributed by atoms with Crippen LogP contribution >= 0.6 is 23.2 Å². The summed E-state index contributed by atoms with van der Waals surface area (Å²) in [6.07, 6.45) is 5.82. The quantitative estimate of drug-likeness (QED) is 0.0234. The van der Waals surface area contributed by atoms with E-state index >= 15 is 0 Å². The number of fused-ring (bicyclic) bond motifs is 4. The fourth-order valence-corrected chi connectivity index (χ4v) is 20.1. The average molecular weight is 1990 g/mol. The Bertz CT molecular complexity index is 7740. The normalized spacial score (nSPS) is 13.6. The van der Waals surface area contributed by atoms with Crippen molar-refractivity contribution >= 4 is 139 Å². The van der Waals surface area contributed by atoms with Crippen molar-refractivity contribution in [3.8, 4) is 18.2 Å². The number of hydrogen-bond acceptors (Lipinski definition) is 23. The van der Waals surface area contributed by atoms with Crippen molar-refractivity contribution in [3.63, 3.8) is 0 Å². The van der Waals surface area contributed by atoms with Crippen LogP contribution in [0.25, 0.3) is 0 Å². The van der Waals surface area contributed by atoms with Gasteiger partial charge in [-0.1, -0.05) is 146 Å². The Morgan fingerprint density at radius 2 is 0.712 bits per heavy atom. The number of nitrogens with one attached hydrogen (secondary N) is 4. The lowest BCUT2D eigenvalue weighted by atomic mass is 9.87. The van der Waals surface area contributed by atoms with Crippen molar-refractivity contribution in [2.45, 2.75) is 158 Å². The van der Waals surface area contributed by atoms with Crippen molar-refractivity contribution in [1.29, 1.82) is 15.8 Å². The Balaban J connectivity index is 0.000000156. The number of hydrogen-bond donors (Lipinski definition) is 6. The van der Waals surface area contributed by atoms with Crippen LogP contribution in [0.2, 0.25) is 10.0 Å². The molecular formula is C100H91Cl2N15O18S4+2. The van der Waals surface area contributed by atoms with Gasteiger partial charge in [-0.25, -0.2) is 43.6 Å². The summed E-state index contributed by atoms with van der Waals surface area (Å²) in [5, 5.41) is 47.9.